The number of hydrogen-bond acceptors (Lipinski definition) is 2. The van der Waals surface area contributed by atoms with Gasteiger partial charge in [0.2, 0.25) is 0 Å². The minimum atomic E-state index is -0.389. The van der Waals surface area contributed by atoms with Gasteiger partial charge in [-0.05, 0) is 43.2 Å². The zero-order valence-electron chi connectivity index (χ0n) is 17.4. The molecule has 0 aliphatic carbocycles. The average Bonchev–Trinajstić information content (AvgIpc) is 3.08. The molecule has 0 spiro atoms. The number of fused-ring (bicyclic) bond motifs is 1. The SMILES string of the molecule is CCCCCN(Cc1nc2ccccc2n1CCCC)C(=O)c1cccc(F)c1. The van der Waals surface area contributed by atoms with Crippen molar-refractivity contribution in [1.82, 2.24) is 14.5 Å². The van der Waals surface area contributed by atoms with Gasteiger partial charge in [0.05, 0.1) is 17.6 Å². The topological polar surface area (TPSA) is 38.1 Å². The highest BCUT2D eigenvalue weighted by Crippen LogP contribution is 2.20. The van der Waals surface area contributed by atoms with E-state index in [0.29, 0.717) is 18.7 Å². The van der Waals surface area contributed by atoms with E-state index in [0.717, 1.165) is 55.5 Å². The number of imidazole rings is 1. The Labute approximate surface area is 172 Å². The standard InChI is InChI=1S/C24H30FN3O/c1-3-5-9-15-27(24(29)19-11-10-12-20(25)17-19)18-23-26-21-13-7-8-14-22(21)28(23)16-6-4-2/h7-8,10-14,17H,3-6,9,15-16,18H2,1-2H3. The summed E-state index contributed by atoms with van der Waals surface area (Å²) in [6, 6.07) is 14.0. The van der Waals surface area contributed by atoms with E-state index in [9.17, 15) is 9.18 Å². The Morgan fingerprint density at radius 1 is 1.03 bits per heavy atom. The first-order chi connectivity index (χ1) is 14.1. The number of aryl methyl sites for hydroxylation is 1. The summed E-state index contributed by atoms with van der Waals surface area (Å²) in [6.45, 7) is 6.26. The highest BCUT2D eigenvalue weighted by atomic mass is 19.1. The molecular formula is C24H30FN3O. The summed E-state index contributed by atoms with van der Waals surface area (Å²) in [5.41, 5.74) is 2.44. The van der Waals surface area contributed by atoms with Crippen molar-refractivity contribution >= 4 is 16.9 Å². The number of para-hydroxylation sites is 2. The molecule has 0 atom stereocenters. The van der Waals surface area contributed by atoms with E-state index in [1.54, 1.807) is 12.1 Å². The molecule has 0 saturated heterocycles. The van der Waals surface area contributed by atoms with Gasteiger partial charge in [-0.2, -0.15) is 0 Å². The fourth-order valence-electron chi connectivity index (χ4n) is 3.59. The quantitative estimate of drug-likeness (QED) is 0.406. The Kier molecular flexibility index (Phi) is 7.39. The molecule has 0 radical (unpaired) electrons. The number of nitrogens with zero attached hydrogens (tertiary/aromatic N) is 3. The van der Waals surface area contributed by atoms with Crippen LogP contribution in [0.2, 0.25) is 0 Å². The predicted octanol–water partition coefficient (Wildman–Crippen LogP) is 5.81. The molecular weight excluding hydrogens is 365 g/mol. The van der Waals surface area contributed by atoms with Gasteiger partial charge in [-0.15, -0.1) is 0 Å². The van der Waals surface area contributed by atoms with Crippen molar-refractivity contribution in [3.8, 4) is 0 Å². The van der Waals surface area contributed by atoms with E-state index in [4.69, 9.17) is 4.98 Å². The second-order valence-electron chi connectivity index (χ2n) is 7.47. The number of halogens is 1. The lowest BCUT2D eigenvalue weighted by Gasteiger charge is -2.23. The lowest BCUT2D eigenvalue weighted by atomic mass is 10.1. The number of carbonyl (C=O) groups is 1. The molecule has 1 heterocycles. The lowest BCUT2D eigenvalue weighted by molar-refractivity contribution is 0.0733. The summed E-state index contributed by atoms with van der Waals surface area (Å²) < 4.78 is 15.9. The maximum absolute atomic E-state index is 13.7. The van der Waals surface area contributed by atoms with Crippen LogP contribution in [0.1, 0.15) is 62.1 Å². The summed E-state index contributed by atoms with van der Waals surface area (Å²) in [7, 11) is 0. The summed E-state index contributed by atoms with van der Waals surface area (Å²) >= 11 is 0. The molecule has 0 aliphatic rings. The van der Waals surface area contributed by atoms with Gasteiger partial charge in [0.1, 0.15) is 11.6 Å². The van der Waals surface area contributed by atoms with Crippen LogP contribution in [-0.2, 0) is 13.1 Å². The van der Waals surface area contributed by atoms with Crippen LogP contribution >= 0.6 is 0 Å². The van der Waals surface area contributed by atoms with E-state index in [1.165, 1.54) is 12.1 Å². The van der Waals surface area contributed by atoms with E-state index in [2.05, 4.69) is 24.5 Å². The maximum Gasteiger partial charge on any atom is 0.254 e. The first-order valence-corrected chi connectivity index (χ1v) is 10.6. The molecule has 5 heteroatoms. The number of aromatic nitrogens is 2. The monoisotopic (exact) mass is 395 g/mol. The van der Waals surface area contributed by atoms with Gasteiger partial charge in [-0.3, -0.25) is 4.79 Å². The molecule has 0 aliphatic heterocycles. The molecule has 154 valence electrons. The third-order valence-corrected chi connectivity index (χ3v) is 5.19. The van der Waals surface area contributed by atoms with Crippen molar-refractivity contribution in [3.05, 3.63) is 65.7 Å². The average molecular weight is 396 g/mol. The van der Waals surface area contributed by atoms with Gasteiger partial charge in [0, 0.05) is 18.7 Å². The third-order valence-electron chi connectivity index (χ3n) is 5.19. The van der Waals surface area contributed by atoms with Gasteiger partial charge in [0.25, 0.3) is 5.91 Å². The van der Waals surface area contributed by atoms with Gasteiger partial charge in [0.15, 0.2) is 0 Å². The van der Waals surface area contributed by atoms with Crippen molar-refractivity contribution in [2.75, 3.05) is 6.54 Å². The Hall–Kier alpha value is -2.69. The predicted molar refractivity (Wildman–Crippen MR) is 115 cm³/mol. The van der Waals surface area contributed by atoms with Gasteiger partial charge in [-0.25, -0.2) is 9.37 Å². The number of amides is 1. The molecule has 0 N–H and O–H groups in total. The number of rotatable bonds is 10. The second-order valence-corrected chi connectivity index (χ2v) is 7.47. The number of hydrogen-bond donors (Lipinski definition) is 0. The van der Waals surface area contributed by atoms with Crippen LogP contribution in [0.25, 0.3) is 11.0 Å². The summed E-state index contributed by atoms with van der Waals surface area (Å²) in [5, 5.41) is 0. The van der Waals surface area contributed by atoms with E-state index in [1.807, 2.05) is 23.1 Å². The molecule has 2 aromatic carbocycles. The first kappa shape index (κ1) is 21.0. The van der Waals surface area contributed by atoms with Gasteiger partial charge >= 0.3 is 0 Å². The van der Waals surface area contributed by atoms with Crippen molar-refractivity contribution in [1.29, 1.82) is 0 Å². The minimum absolute atomic E-state index is 0.144. The number of unbranched alkanes of at least 4 members (excludes halogenated alkanes) is 3. The minimum Gasteiger partial charge on any atom is -0.331 e. The fraction of sp³-hybridized carbons (Fsp3) is 0.417. The highest BCUT2D eigenvalue weighted by Gasteiger charge is 2.20. The van der Waals surface area contributed by atoms with Crippen LogP contribution in [-0.4, -0.2) is 26.9 Å². The molecule has 0 fully saturated rings. The molecule has 29 heavy (non-hydrogen) atoms. The van der Waals surface area contributed by atoms with Crippen LogP contribution in [0.15, 0.2) is 48.5 Å². The summed E-state index contributed by atoms with van der Waals surface area (Å²) in [4.78, 5) is 19.8. The molecule has 1 amide bonds. The lowest BCUT2D eigenvalue weighted by Crippen LogP contribution is -2.33. The molecule has 0 saturated carbocycles. The zero-order valence-corrected chi connectivity index (χ0v) is 17.4. The Bertz CT molecular complexity index is 950. The first-order valence-electron chi connectivity index (χ1n) is 10.6. The third kappa shape index (κ3) is 5.22. The molecule has 0 unspecified atom stereocenters. The van der Waals surface area contributed by atoms with Crippen LogP contribution < -0.4 is 0 Å². The Balaban J connectivity index is 1.91. The van der Waals surface area contributed by atoms with Gasteiger partial charge < -0.3 is 9.47 Å². The van der Waals surface area contributed by atoms with Crippen molar-refractivity contribution < 1.29 is 9.18 Å². The van der Waals surface area contributed by atoms with Crippen LogP contribution in [0.5, 0.6) is 0 Å². The van der Waals surface area contributed by atoms with E-state index < -0.39 is 0 Å². The normalized spacial score (nSPS) is 11.1. The summed E-state index contributed by atoms with van der Waals surface area (Å²) in [5.74, 6) is 0.357. The van der Waals surface area contributed by atoms with Crippen molar-refractivity contribution in [3.63, 3.8) is 0 Å². The van der Waals surface area contributed by atoms with E-state index >= 15 is 0 Å². The maximum atomic E-state index is 13.7. The molecule has 1 aromatic heterocycles. The van der Waals surface area contributed by atoms with Crippen LogP contribution in [0, 0.1) is 5.82 Å². The Morgan fingerprint density at radius 3 is 2.59 bits per heavy atom. The van der Waals surface area contributed by atoms with Crippen molar-refractivity contribution in [2.24, 2.45) is 0 Å². The van der Waals surface area contributed by atoms with Gasteiger partial charge in [-0.1, -0.05) is 51.3 Å². The zero-order chi connectivity index (χ0) is 20.6. The van der Waals surface area contributed by atoms with Crippen molar-refractivity contribution in [2.45, 2.75) is 59.0 Å². The largest absolute Gasteiger partial charge is 0.331 e. The molecule has 3 rings (SSSR count). The molecule has 4 nitrogen and oxygen atoms in total. The molecule has 0 bridgehead atoms. The Morgan fingerprint density at radius 2 is 1.83 bits per heavy atom. The molecule has 3 aromatic rings. The van der Waals surface area contributed by atoms with Crippen LogP contribution in [0.4, 0.5) is 4.39 Å². The van der Waals surface area contributed by atoms with E-state index in [-0.39, 0.29) is 11.7 Å². The highest BCUT2D eigenvalue weighted by molar-refractivity contribution is 5.94. The summed E-state index contributed by atoms with van der Waals surface area (Å²) in [6.07, 6.45) is 5.21. The number of carbonyl (C=O) groups excluding carboxylic acids is 1. The van der Waals surface area contributed by atoms with Crippen LogP contribution in [0.3, 0.4) is 0 Å². The fourth-order valence-corrected chi connectivity index (χ4v) is 3.59. The smallest absolute Gasteiger partial charge is 0.254 e. The second kappa shape index (κ2) is 10.2. The number of benzene rings is 2.